The van der Waals surface area contributed by atoms with Crippen LogP contribution in [0.2, 0.25) is 5.02 Å². The van der Waals surface area contributed by atoms with Crippen LogP contribution in [0.15, 0.2) is 47.4 Å². The molecule has 0 atom stereocenters. The molecule has 0 radical (unpaired) electrons. The third kappa shape index (κ3) is 4.52. The molecule has 0 saturated carbocycles. The summed E-state index contributed by atoms with van der Waals surface area (Å²) in [5, 5.41) is 13.7. The number of nitro benzene ring substituents is 1. The number of nitrogens with zero attached hydrogens (tertiary/aromatic N) is 2. The van der Waals surface area contributed by atoms with Gasteiger partial charge in [0.25, 0.3) is 21.6 Å². The van der Waals surface area contributed by atoms with Crippen LogP contribution in [0.25, 0.3) is 0 Å². The molecule has 1 fully saturated rings. The summed E-state index contributed by atoms with van der Waals surface area (Å²) in [5.41, 5.74) is -0.410. The van der Waals surface area contributed by atoms with Crippen LogP contribution in [0, 0.1) is 10.1 Å². The highest BCUT2D eigenvalue weighted by molar-refractivity contribution is 8.00. The first-order valence-electron chi connectivity index (χ1n) is 8.19. The first-order chi connectivity index (χ1) is 13.7. The molecule has 1 aliphatic heterocycles. The number of halogens is 1. The Hall–Kier alpha value is -2.63. The smallest absolute Gasteiger partial charge is 0.282 e. The fraction of sp³-hybridized carbons (Fsp3) is 0.176. The van der Waals surface area contributed by atoms with E-state index in [1.54, 1.807) is 0 Å². The van der Waals surface area contributed by atoms with Crippen LogP contribution in [0.4, 0.5) is 11.4 Å². The van der Waals surface area contributed by atoms with Crippen molar-refractivity contribution in [2.24, 2.45) is 0 Å². The molecule has 0 unspecified atom stereocenters. The number of amides is 2. The second kappa shape index (κ2) is 8.39. The van der Waals surface area contributed by atoms with Crippen molar-refractivity contribution in [2.75, 3.05) is 23.4 Å². The molecular formula is C17H14ClN3O6S2. The van der Waals surface area contributed by atoms with E-state index < -0.39 is 32.4 Å². The average molecular weight is 456 g/mol. The van der Waals surface area contributed by atoms with Crippen molar-refractivity contribution in [1.82, 2.24) is 4.31 Å². The topological polar surface area (TPSA) is 127 Å². The summed E-state index contributed by atoms with van der Waals surface area (Å²) in [6, 6.07) is 8.79. The average Bonchev–Trinajstić information content (AvgIpc) is 2.68. The second-order valence-electron chi connectivity index (χ2n) is 5.92. The first-order valence-corrected chi connectivity index (χ1v) is 11.2. The maximum Gasteiger partial charge on any atom is 0.282 e. The number of nitrogens with one attached hydrogen (secondary N) is 1. The summed E-state index contributed by atoms with van der Waals surface area (Å²) in [6.07, 6.45) is 0. The third-order valence-corrected chi connectivity index (χ3v) is 7.03. The lowest BCUT2D eigenvalue weighted by atomic mass is 10.1. The van der Waals surface area contributed by atoms with Gasteiger partial charge in [0.1, 0.15) is 5.56 Å². The molecule has 0 spiro atoms. The van der Waals surface area contributed by atoms with Crippen LogP contribution in [-0.4, -0.2) is 47.5 Å². The Labute approximate surface area is 175 Å². The molecule has 1 saturated heterocycles. The molecule has 0 aromatic heterocycles. The van der Waals surface area contributed by atoms with Gasteiger partial charge in [-0.1, -0.05) is 11.6 Å². The van der Waals surface area contributed by atoms with E-state index in [-0.39, 0.29) is 33.5 Å². The van der Waals surface area contributed by atoms with Crippen molar-refractivity contribution in [3.63, 3.8) is 0 Å². The lowest BCUT2D eigenvalue weighted by Gasteiger charge is -2.25. The Balaban J connectivity index is 1.81. The van der Waals surface area contributed by atoms with E-state index in [2.05, 4.69) is 5.32 Å². The minimum Gasteiger partial charge on any atom is -0.322 e. The molecule has 2 amide bonds. The molecule has 1 aliphatic rings. The van der Waals surface area contributed by atoms with Crippen LogP contribution in [0.5, 0.6) is 0 Å². The number of thioether (sulfide) groups is 1. The fourth-order valence-electron chi connectivity index (χ4n) is 2.64. The molecule has 1 N–H and O–H groups in total. The van der Waals surface area contributed by atoms with Gasteiger partial charge in [-0.2, -0.15) is 11.8 Å². The Morgan fingerprint density at radius 2 is 1.90 bits per heavy atom. The number of benzene rings is 2. The van der Waals surface area contributed by atoms with E-state index in [1.807, 2.05) is 0 Å². The normalized spacial score (nSPS) is 14.5. The SMILES string of the molecule is O=C(Nc1ccc(S(=O)(=O)N2CCSCC2=O)cc1)c1cc(Cl)ccc1[N+](=O)[O-]. The summed E-state index contributed by atoms with van der Waals surface area (Å²) in [5.74, 6) is -0.617. The number of hydrogen-bond donors (Lipinski definition) is 1. The summed E-state index contributed by atoms with van der Waals surface area (Å²) in [6.45, 7) is 0.1000. The summed E-state index contributed by atoms with van der Waals surface area (Å²) >= 11 is 7.19. The van der Waals surface area contributed by atoms with E-state index >= 15 is 0 Å². The monoisotopic (exact) mass is 455 g/mol. The number of nitro groups is 1. The quantitative estimate of drug-likeness (QED) is 0.542. The van der Waals surface area contributed by atoms with E-state index in [0.29, 0.717) is 5.75 Å². The molecule has 12 heteroatoms. The van der Waals surface area contributed by atoms with Crippen molar-refractivity contribution in [3.8, 4) is 0 Å². The van der Waals surface area contributed by atoms with Gasteiger partial charge in [-0.3, -0.25) is 19.7 Å². The molecule has 152 valence electrons. The molecule has 2 aromatic carbocycles. The molecule has 0 aliphatic carbocycles. The van der Waals surface area contributed by atoms with Crippen LogP contribution in [0.3, 0.4) is 0 Å². The lowest BCUT2D eigenvalue weighted by Crippen LogP contribution is -2.42. The van der Waals surface area contributed by atoms with Crippen LogP contribution >= 0.6 is 23.4 Å². The van der Waals surface area contributed by atoms with E-state index in [0.717, 1.165) is 10.4 Å². The van der Waals surface area contributed by atoms with Gasteiger partial charge in [-0.15, -0.1) is 0 Å². The zero-order chi connectivity index (χ0) is 21.2. The van der Waals surface area contributed by atoms with Crippen molar-refractivity contribution < 1.29 is 22.9 Å². The highest BCUT2D eigenvalue weighted by atomic mass is 35.5. The maximum atomic E-state index is 12.6. The largest absolute Gasteiger partial charge is 0.322 e. The van der Waals surface area contributed by atoms with Crippen LogP contribution < -0.4 is 5.32 Å². The number of rotatable bonds is 5. The fourth-order valence-corrected chi connectivity index (χ4v) is 5.20. The van der Waals surface area contributed by atoms with E-state index in [4.69, 9.17) is 11.6 Å². The molecule has 0 bridgehead atoms. The van der Waals surface area contributed by atoms with Crippen molar-refractivity contribution in [3.05, 3.63) is 63.2 Å². The van der Waals surface area contributed by atoms with E-state index in [9.17, 15) is 28.1 Å². The molecule has 3 rings (SSSR count). The Kier molecular flexibility index (Phi) is 6.10. The molecule has 29 heavy (non-hydrogen) atoms. The highest BCUT2D eigenvalue weighted by Crippen LogP contribution is 2.25. The zero-order valence-electron chi connectivity index (χ0n) is 14.7. The summed E-state index contributed by atoms with van der Waals surface area (Å²) < 4.78 is 26.1. The lowest BCUT2D eigenvalue weighted by molar-refractivity contribution is -0.385. The standard InChI is InChI=1S/C17H14ClN3O6S2/c18-11-1-6-15(21(24)25)14(9-11)17(23)19-12-2-4-13(5-3-12)29(26,27)20-7-8-28-10-16(20)22/h1-6,9H,7-8,10H2,(H,19,23). The van der Waals surface area contributed by atoms with Gasteiger partial charge < -0.3 is 5.32 Å². The minimum absolute atomic E-state index is 0.0931. The van der Waals surface area contributed by atoms with Gasteiger partial charge in [-0.25, -0.2) is 12.7 Å². The summed E-state index contributed by atoms with van der Waals surface area (Å²) in [7, 11) is -3.98. The predicted molar refractivity (Wildman–Crippen MR) is 109 cm³/mol. The maximum absolute atomic E-state index is 12.6. The Morgan fingerprint density at radius 1 is 1.21 bits per heavy atom. The van der Waals surface area contributed by atoms with Crippen LogP contribution in [0.1, 0.15) is 10.4 Å². The Morgan fingerprint density at radius 3 is 2.52 bits per heavy atom. The summed E-state index contributed by atoms with van der Waals surface area (Å²) in [4.78, 5) is 34.6. The number of carbonyl (C=O) groups excluding carboxylic acids is 2. The van der Waals surface area contributed by atoms with Gasteiger partial charge in [0.05, 0.1) is 15.6 Å². The highest BCUT2D eigenvalue weighted by Gasteiger charge is 2.31. The van der Waals surface area contributed by atoms with Gasteiger partial charge >= 0.3 is 0 Å². The molecule has 9 nitrogen and oxygen atoms in total. The van der Waals surface area contributed by atoms with Crippen molar-refractivity contribution in [1.29, 1.82) is 0 Å². The molecular weight excluding hydrogens is 442 g/mol. The van der Waals surface area contributed by atoms with E-state index in [1.165, 1.54) is 48.2 Å². The molecule has 1 heterocycles. The van der Waals surface area contributed by atoms with Crippen molar-refractivity contribution in [2.45, 2.75) is 4.90 Å². The van der Waals surface area contributed by atoms with Crippen LogP contribution in [-0.2, 0) is 14.8 Å². The number of anilines is 1. The van der Waals surface area contributed by atoms with Gasteiger partial charge in [0.2, 0.25) is 5.91 Å². The van der Waals surface area contributed by atoms with Crippen molar-refractivity contribution >= 4 is 56.6 Å². The van der Waals surface area contributed by atoms with Gasteiger partial charge in [-0.05, 0) is 36.4 Å². The first kappa shape index (κ1) is 21.1. The third-order valence-electron chi connectivity index (χ3n) is 4.04. The second-order valence-corrected chi connectivity index (χ2v) is 9.32. The number of sulfonamides is 1. The van der Waals surface area contributed by atoms with Gasteiger partial charge in [0, 0.05) is 29.1 Å². The van der Waals surface area contributed by atoms with Gasteiger partial charge in [0.15, 0.2) is 0 Å². The molecule has 2 aromatic rings. The Bertz CT molecular complexity index is 1090. The number of hydrogen-bond acceptors (Lipinski definition) is 7. The zero-order valence-corrected chi connectivity index (χ0v) is 17.1. The minimum atomic E-state index is -3.98. The predicted octanol–water partition coefficient (Wildman–Crippen LogP) is 2.76. The number of carbonyl (C=O) groups is 2.